The van der Waals surface area contributed by atoms with Crippen molar-refractivity contribution in [1.29, 1.82) is 0 Å². The molecule has 0 aromatic carbocycles. The van der Waals surface area contributed by atoms with Gasteiger partial charge < -0.3 is 0 Å². The number of hydrogen-bond acceptors (Lipinski definition) is 3. The molecule has 0 aliphatic carbocycles. The van der Waals surface area contributed by atoms with E-state index in [9.17, 15) is 8.42 Å². The van der Waals surface area contributed by atoms with Crippen molar-refractivity contribution in [2.45, 2.75) is 25.4 Å². The average Bonchev–Trinajstić information content (AvgIpc) is 2.29. The van der Waals surface area contributed by atoms with Gasteiger partial charge in [-0.05, 0) is 19.9 Å². The van der Waals surface area contributed by atoms with Crippen molar-refractivity contribution in [3.8, 4) is 0 Å². The molecule has 0 fully saturated rings. The van der Waals surface area contributed by atoms with Crippen LogP contribution in [0.3, 0.4) is 0 Å². The second-order valence-corrected chi connectivity index (χ2v) is 4.89. The predicted molar refractivity (Wildman–Crippen MR) is 45.7 cm³/mol. The van der Waals surface area contributed by atoms with E-state index >= 15 is 0 Å². The maximum absolute atomic E-state index is 10.9. The summed E-state index contributed by atoms with van der Waals surface area (Å²) in [5, 5.41) is 4.01. The van der Waals surface area contributed by atoms with Gasteiger partial charge in [0.1, 0.15) is 0 Å². The molecule has 12 heavy (non-hydrogen) atoms. The molecule has 1 heterocycles. The Kier molecular flexibility index (Phi) is 2.44. The highest BCUT2D eigenvalue weighted by Gasteiger charge is 2.16. The molecule has 6 heteroatoms. The van der Waals surface area contributed by atoms with Crippen LogP contribution in [0, 0.1) is 6.92 Å². The molecule has 0 radical (unpaired) electrons. The van der Waals surface area contributed by atoms with Gasteiger partial charge in [0, 0.05) is 17.2 Å². The summed E-state index contributed by atoms with van der Waals surface area (Å²) >= 11 is 0. The minimum Gasteiger partial charge on any atom is -0.253 e. The molecule has 1 rings (SSSR count). The van der Waals surface area contributed by atoms with Crippen LogP contribution >= 0.6 is 10.7 Å². The highest BCUT2D eigenvalue weighted by atomic mass is 35.7. The van der Waals surface area contributed by atoms with Crippen LogP contribution in [0.5, 0.6) is 0 Å². The summed E-state index contributed by atoms with van der Waals surface area (Å²) in [5.74, 6) is 0. The van der Waals surface area contributed by atoms with Crippen molar-refractivity contribution in [2.24, 2.45) is 0 Å². The zero-order chi connectivity index (χ0) is 9.35. The smallest absolute Gasteiger partial charge is 0.253 e. The van der Waals surface area contributed by atoms with Crippen LogP contribution in [0.4, 0.5) is 0 Å². The zero-order valence-electron chi connectivity index (χ0n) is 6.78. The number of hydrogen-bond donors (Lipinski definition) is 0. The van der Waals surface area contributed by atoms with E-state index in [0.717, 1.165) is 0 Å². The SMILES string of the molecule is CCn1nc(C)cc1S(=O)(=O)Cl. The Morgan fingerprint density at radius 1 is 1.67 bits per heavy atom. The molecular formula is C6H9ClN2O2S. The quantitative estimate of drug-likeness (QED) is 0.685. The van der Waals surface area contributed by atoms with Crippen LogP contribution in [0.1, 0.15) is 12.6 Å². The molecule has 0 aliphatic heterocycles. The molecule has 0 N–H and O–H groups in total. The summed E-state index contributed by atoms with van der Waals surface area (Å²) in [7, 11) is 1.52. The molecule has 1 aromatic heterocycles. The Labute approximate surface area is 75.6 Å². The predicted octanol–water partition coefficient (Wildman–Crippen LogP) is 1.14. The van der Waals surface area contributed by atoms with Crippen molar-refractivity contribution in [2.75, 3.05) is 0 Å². The molecule has 1 aromatic rings. The maximum atomic E-state index is 10.9. The fraction of sp³-hybridized carbons (Fsp3) is 0.500. The first-order valence-electron chi connectivity index (χ1n) is 3.44. The summed E-state index contributed by atoms with van der Waals surface area (Å²) in [4.78, 5) is 0. The maximum Gasteiger partial charge on any atom is 0.278 e. The molecule has 0 aliphatic rings. The Morgan fingerprint density at radius 2 is 2.25 bits per heavy atom. The third-order valence-electron chi connectivity index (χ3n) is 1.41. The number of halogens is 1. The van der Waals surface area contributed by atoms with E-state index < -0.39 is 9.05 Å². The number of nitrogens with zero attached hydrogens (tertiary/aromatic N) is 2. The van der Waals surface area contributed by atoms with E-state index in [0.29, 0.717) is 12.2 Å². The Hall–Kier alpha value is -0.550. The molecular weight excluding hydrogens is 200 g/mol. The Balaban J connectivity index is 3.33. The van der Waals surface area contributed by atoms with Gasteiger partial charge in [-0.25, -0.2) is 8.42 Å². The van der Waals surface area contributed by atoms with Crippen LogP contribution in [0.2, 0.25) is 0 Å². The molecule has 0 amide bonds. The molecule has 0 spiro atoms. The Morgan fingerprint density at radius 3 is 2.58 bits per heavy atom. The van der Waals surface area contributed by atoms with Gasteiger partial charge in [-0.15, -0.1) is 0 Å². The summed E-state index contributed by atoms with van der Waals surface area (Å²) in [5.41, 5.74) is 0.649. The average molecular weight is 209 g/mol. The van der Waals surface area contributed by atoms with Gasteiger partial charge in [-0.3, -0.25) is 4.68 Å². The lowest BCUT2D eigenvalue weighted by atomic mass is 10.5. The lowest BCUT2D eigenvalue weighted by Crippen LogP contribution is -2.04. The third kappa shape index (κ3) is 1.78. The topological polar surface area (TPSA) is 52.0 Å². The van der Waals surface area contributed by atoms with E-state index in [1.165, 1.54) is 10.7 Å². The minimum atomic E-state index is -3.65. The van der Waals surface area contributed by atoms with Crippen molar-refractivity contribution >= 4 is 19.7 Å². The monoisotopic (exact) mass is 208 g/mol. The van der Waals surface area contributed by atoms with E-state index in [4.69, 9.17) is 10.7 Å². The van der Waals surface area contributed by atoms with Crippen molar-refractivity contribution in [3.05, 3.63) is 11.8 Å². The van der Waals surface area contributed by atoms with E-state index in [1.54, 1.807) is 13.8 Å². The highest BCUT2D eigenvalue weighted by Crippen LogP contribution is 2.15. The lowest BCUT2D eigenvalue weighted by Gasteiger charge is -1.98. The van der Waals surface area contributed by atoms with Crippen molar-refractivity contribution in [3.63, 3.8) is 0 Å². The van der Waals surface area contributed by atoms with E-state index in [1.807, 2.05) is 0 Å². The molecule has 0 saturated carbocycles. The number of aromatic nitrogens is 2. The number of aryl methyl sites for hydroxylation is 2. The number of rotatable bonds is 2. The van der Waals surface area contributed by atoms with E-state index in [2.05, 4.69) is 5.10 Å². The van der Waals surface area contributed by atoms with Crippen LogP contribution in [-0.2, 0) is 15.6 Å². The van der Waals surface area contributed by atoms with Gasteiger partial charge in [-0.1, -0.05) is 0 Å². The normalized spacial score (nSPS) is 11.9. The van der Waals surface area contributed by atoms with Gasteiger partial charge in [0.05, 0.1) is 5.69 Å². The second kappa shape index (κ2) is 3.06. The van der Waals surface area contributed by atoms with Gasteiger partial charge >= 0.3 is 0 Å². The third-order valence-corrected chi connectivity index (χ3v) is 2.72. The first-order chi connectivity index (χ1) is 5.45. The summed E-state index contributed by atoms with van der Waals surface area (Å²) in [6.07, 6.45) is 0. The first kappa shape index (κ1) is 9.54. The van der Waals surface area contributed by atoms with Crippen molar-refractivity contribution in [1.82, 2.24) is 9.78 Å². The van der Waals surface area contributed by atoms with Gasteiger partial charge in [0.2, 0.25) is 0 Å². The molecule has 4 nitrogen and oxygen atoms in total. The summed E-state index contributed by atoms with van der Waals surface area (Å²) in [6.45, 7) is 4.02. The standard InChI is InChI=1S/C6H9ClN2O2S/c1-3-9-6(12(7,10)11)4-5(2)8-9/h4H,3H2,1-2H3. The fourth-order valence-corrected chi connectivity index (χ4v) is 2.05. The molecule has 0 atom stereocenters. The van der Waals surface area contributed by atoms with Crippen LogP contribution < -0.4 is 0 Å². The molecule has 0 saturated heterocycles. The molecule has 0 bridgehead atoms. The highest BCUT2D eigenvalue weighted by molar-refractivity contribution is 8.13. The van der Waals surface area contributed by atoms with Gasteiger partial charge in [0.25, 0.3) is 9.05 Å². The van der Waals surface area contributed by atoms with Crippen LogP contribution in [0.25, 0.3) is 0 Å². The van der Waals surface area contributed by atoms with Crippen LogP contribution in [-0.4, -0.2) is 18.2 Å². The summed E-state index contributed by atoms with van der Waals surface area (Å²) < 4.78 is 23.2. The minimum absolute atomic E-state index is 0.0594. The van der Waals surface area contributed by atoms with Gasteiger partial charge in [-0.2, -0.15) is 5.10 Å². The lowest BCUT2D eigenvalue weighted by molar-refractivity contribution is 0.562. The molecule has 0 unspecified atom stereocenters. The first-order valence-corrected chi connectivity index (χ1v) is 5.75. The van der Waals surface area contributed by atoms with E-state index in [-0.39, 0.29) is 5.03 Å². The van der Waals surface area contributed by atoms with Gasteiger partial charge in [0.15, 0.2) is 5.03 Å². The molecule has 68 valence electrons. The largest absolute Gasteiger partial charge is 0.278 e. The zero-order valence-corrected chi connectivity index (χ0v) is 8.35. The fourth-order valence-electron chi connectivity index (χ4n) is 0.945. The van der Waals surface area contributed by atoms with Crippen molar-refractivity contribution < 1.29 is 8.42 Å². The summed E-state index contributed by atoms with van der Waals surface area (Å²) in [6, 6.07) is 1.45. The second-order valence-electron chi connectivity index (χ2n) is 2.38. The van der Waals surface area contributed by atoms with Crippen LogP contribution in [0.15, 0.2) is 11.1 Å². The Bertz CT molecular complexity index is 382.